The Labute approximate surface area is 128 Å². The van der Waals surface area contributed by atoms with Gasteiger partial charge in [0.25, 0.3) is 0 Å². The molecule has 1 aliphatic rings. The molecule has 1 aromatic rings. The van der Waals surface area contributed by atoms with Crippen LogP contribution in [0.5, 0.6) is 0 Å². The van der Waals surface area contributed by atoms with Gasteiger partial charge < -0.3 is 5.11 Å². The largest absolute Gasteiger partial charge is 0.480 e. The van der Waals surface area contributed by atoms with Crippen molar-refractivity contribution in [3.8, 4) is 0 Å². The van der Waals surface area contributed by atoms with Gasteiger partial charge in [-0.25, -0.2) is 0 Å². The van der Waals surface area contributed by atoms with Crippen molar-refractivity contribution in [1.29, 1.82) is 0 Å². The van der Waals surface area contributed by atoms with E-state index in [0.717, 1.165) is 6.54 Å². The van der Waals surface area contributed by atoms with Gasteiger partial charge in [0.15, 0.2) is 0 Å². The van der Waals surface area contributed by atoms with Crippen LogP contribution in [0.1, 0.15) is 51.0 Å². The fourth-order valence-corrected chi connectivity index (χ4v) is 3.37. The van der Waals surface area contributed by atoms with Gasteiger partial charge in [-0.3, -0.25) is 9.69 Å². The van der Waals surface area contributed by atoms with Gasteiger partial charge in [-0.15, -0.1) is 0 Å². The molecule has 3 nitrogen and oxygen atoms in total. The van der Waals surface area contributed by atoms with Crippen LogP contribution >= 0.6 is 0 Å². The third kappa shape index (κ3) is 4.85. The summed E-state index contributed by atoms with van der Waals surface area (Å²) in [5.74, 6) is 0.614. The molecule has 0 saturated heterocycles. The topological polar surface area (TPSA) is 40.5 Å². The molecule has 1 saturated carbocycles. The first kappa shape index (κ1) is 16.0. The Morgan fingerprint density at radius 3 is 2.33 bits per heavy atom. The Balaban J connectivity index is 1.84. The van der Waals surface area contributed by atoms with Crippen LogP contribution in [0.4, 0.5) is 0 Å². The van der Waals surface area contributed by atoms with Crippen molar-refractivity contribution in [3.05, 3.63) is 35.9 Å². The lowest BCUT2D eigenvalue weighted by atomic mass is 9.78. The summed E-state index contributed by atoms with van der Waals surface area (Å²) in [5.41, 5.74) is 1.46. The Morgan fingerprint density at radius 2 is 1.81 bits per heavy atom. The lowest BCUT2D eigenvalue weighted by Crippen LogP contribution is -2.39. The van der Waals surface area contributed by atoms with Crippen molar-refractivity contribution in [2.45, 2.75) is 51.5 Å². The second-order valence-electron chi connectivity index (χ2n) is 6.55. The number of nitrogens with zero attached hydrogens (tertiary/aromatic N) is 1. The fourth-order valence-electron chi connectivity index (χ4n) is 3.37. The van der Waals surface area contributed by atoms with Crippen molar-refractivity contribution in [3.63, 3.8) is 0 Å². The van der Waals surface area contributed by atoms with Crippen LogP contribution in [0.25, 0.3) is 0 Å². The van der Waals surface area contributed by atoms with Gasteiger partial charge in [-0.05, 0) is 56.9 Å². The van der Waals surface area contributed by atoms with Crippen LogP contribution in [-0.2, 0) is 4.79 Å². The summed E-state index contributed by atoms with van der Waals surface area (Å²) < 4.78 is 0. The molecule has 0 bridgehead atoms. The zero-order chi connectivity index (χ0) is 15.2. The maximum atomic E-state index is 11.0. The molecule has 0 aromatic heterocycles. The van der Waals surface area contributed by atoms with Gasteiger partial charge in [0, 0.05) is 12.6 Å². The lowest BCUT2D eigenvalue weighted by molar-refractivity contribution is -0.139. The summed E-state index contributed by atoms with van der Waals surface area (Å²) in [6, 6.07) is 11.1. The smallest absolute Gasteiger partial charge is 0.317 e. The highest BCUT2D eigenvalue weighted by atomic mass is 16.4. The SMILES string of the molecule is CC(C)N(CC(=O)O)CC1CCC(c2ccccc2)CC1. The third-order valence-corrected chi connectivity index (χ3v) is 4.68. The van der Waals surface area contributed by atoms with Crippen molar-refractivity contribution in [2.24, 2.45) is 5.92 Å². The van der Waals surface area contributed by atoms with E-state index in [1.54, 1.807) is 0 Å². The summed E-state index contributed by atoms with van der Waals surface area (Å²) in [5, 5.41) is 9.01. The molecule has 116 valence electrons. The van der Waals surface area contributed by atoms with Crippen molar-refractivity contribution in [2.75, 3.05) is 13.1 Å². The van der Waals surface area contributed by atoms with Gasteiger partial charge in [0.2, 0.25) is 0 Å². The second-order valence-corrected chi connectivity index (χ2v) is 6.55. The maximum absolute atomic E-state index is 11.0. The van der Waals surface area contributed by atoms with Crippen LogP contribution < -0.4 is 0 Å². The summed E-state index contributed by atoms with van der Waals surface area (Å²) in [6.07, 6.45) is 4.88. The average Bonchev–Trinajstić information content (AvgIpc) is 2.48. The number of carbonyl (C=O) groups is 1. The molecule has 1 fully saturated rings. The van der Waals surface area contributed by atoms with Crippen LogP contribution in [-0.4, -0.2) is 35.1 Å². The van der Waals surface area contributed by atoms with E-state index in [9.17, 15) is 4.79 Å². The predicted molar refractivity (Wildman–Crippen MR) is 85.5 cm³/mol. The van der Waals surface area contributed by atoms with E-state index in [1.165, 1.54) is 31.2 Å². The Bertz CT molecular complexity index is 436. The molecule has 3 heteroatoms. The number of carboxylic acid groups (broad SMARTS) is 1. The summed E-state index contributed by atoms with van der Waals surface area (Å²) in [4.78, 5) is 13.0. The van der Waals surface area contributed by atoms with E-state index >= 15 is 0 Å². The number of hydrogen-bond donors (Lipinski definition) is 1. The highest BCUT2D eigenvalue weighted by Gasteiger charge is 2.25. The minimum Gasteiger partial charge on any atom is -0.480 e. The molecule has 1 N–H and O–H groups in total. The van der Waals surface area contributed by atoms with Crippen molar-refractivity contribution in [1.82, 2.24) is 4.90 Å². The molecule has 0 atom stereocenters. The Kier molecular flexibility index (Phi) is 5.80. The molecule has 2 rings (SSSR count). The standard InChI is InChI=1S/C18H27NO2/c1-14(2)19(13-18(20)21)12-15-8-10-17(11-9-15)16-6-4-3-5-7-16/h3-7,14-15,17H,8-13H2,1-2H3,(H,20,21). The monoisotopic (exact) mass is 289 g/mol. The van der Waals surface area contributed by atoms with Gasteiger partial charge in [-0.1, -0.05) is 30.3 Å². The molecule has 0 aliphatic heterocycles. The highest BCUT2D eigenvalue weighted by Crippen LogP contribution is 2.36. The first-order chi connectivity index (χ1) is 10.1. The number of benzene rings is 1. The van der Waals surface area contributed by atoms with Crippen LogP contribution in [0.3, 0.4) is 0 Å². The van der Waals surface area contributed by atoms with Gasteiger partial charge >= 0.3 is 5.97 Å². The quantitative estimate of drug-likeness (QED) is 0.867. The number of aliphatic carboxylic acids is 1. The summed E-state index contributed by atoms with van der Waals surface area (Å²) >= 11 is 0. The number of carboxylic acids is 1. The summed E-state index contributed by atoms with van der Waals surface area (Å²) in [6.45, 7) is 5.25. The minimum absolute atomic E-state index is 0.163. The molecule has 0 heterocycles. The van der Waals surface area contributed by atoms with Crippen molar-refractivity contribution < 1.29 is 9.90 Å². The summed E-state index contributed by atoms with van der Waals surface area (Å²) in [7, 11) is 0. The molecular weight excluding hydrogens is 262 g/mol. The van der Waals surface area contributed by atoms with Gasteiger partial charge in [0.1, 0.15) is 0 Å². The predicted octanol–water partition coefficient (Wildman–Crippen LogP) is 3.76. The van der Waals surface area contributed by atoms with Crippen LogP contribution in [0.15, 0.2) is 30.3 Å². The average molecular weight is 289 g/mol. The molecule has 1 aromatic carbocycles. The van der Waals surface area contributed by atoms with E-state index < -0.39 is 5.97 Å². The highest BCUT2D eigenvalue weighted by molar-refractivity contribution is 5.69. The number of hydrogen-bond acceptors (Lipinski definition) is 2. The van der Waals surface area contributed by atoms with Gasteiger partial charge in [-0.2, -0.15) is 0 Å². The van der Waals surface area contributed by atoms with E-state index in [2.05, 4.69) is 49.1 Å². The fraction of sp³-hybridized carbons (Fsp3) is 0.611. The van der Waals surface area contributed by atoms with Crippen LogP contribution in [0, 0.1) is 5.92 Å². The molecule has 0 radical (unpaired) electrons. The van der Waals surface area contributed by atoms with Crippen LogP contribution in [0.2, 0.25) is 0 Å². The van der Waals surface area contributed by atoms with E-state index in [0.29, 0.717) is 17.9 Å². The van der Waals surface area contributed by atoms with Gasteiger partial charge in [0.05, 0.1) is 6.54 Å². The first-order valence-corrected chi connectivity index (χ1v) is 8.07. The van der Waals surface area contributed by atoms with E-state index in [1.807, 2.05) is 0 Å². The molecule has 0 spiro atoms. The zero-order valence-electron chi connectivity index (χ0n) is 13.2. The molecule has 1 aliphatic carbocycles. The molecule has 0 amide bonds. The van der Waals surface area contributed by atoms with E-state index in [-0.39, 0.29) is 6.54 Å². The Hall–Kier alpha value is -1.35. The first-order valence-electron chi connectivity index (χ1n) is 8.07. The Morgan fingerprint density at radius 1 is 1.19 bits per heavy atom. The zero-order valence-corrected chi connectivity index (χ0v) is 13.2. The van der Waals surface area contributed by atoms with E-state index in [4.69, 9.17) is 5.11 Å². The second kappa shape index (κ2) is 7.60. The minimum atomic E-state index is -0.721. The maximum Gasteiger partial charge on any atom is 0.317 e. The lowest BCUT2D eigenvalue weighted by Gasteiger charge is -2.34. The molecular formula is C18H27NO2. The molecule has 0 unspecified atom stereocenters. The normalized spacial score (nSPS) is 22.7. The third-order valence-electron chi connectivity index (χ3n) is 4.68. The number of rotatable bonds is 6. The molecule has 21 heavy (non-hydrogen) atoms. The van der Waals surface area contributed by atoms with Crippen molar-refractivity contribution >= 4 is 5.97 Å².